The van der Waals surface area contributed by atoms with Crippen LogP contribution in [0.5, 0.6) is 0 Å². The highest BCUT2D eigenvalue weighted by Gasteiger charge is 1.94. The lowest BCUT2D eigenvalue weighted by atomic mass is 10.0. The SMILES string of the molecule is C=C(CCC)CCCCCCCCCCC. The molecule has 0 aliphatic rings. The maximum absolute atomic E-state index is 4.11. The van der Waals surface area contributed by atoms with Crippen LogP contribution in [-0.4, -0.2) is 0 Å². The Bertz CT molecular complexity index is 146. The molecule has 0 nitrogen and oxygen atoms in total. The van der Waals surface area contributed by atoms with Gasteiger partial charge in [0.05, 0.1) is 0 Å². The van der Waals surface area contributed by atoms with Gasteiger partial charge in [-0.15, -0.1) is 0 Å². The van der Waals surface area contributed by atoms with Crippen LogP contribution >= 0.6 is 0 Å². The first kappa shape index (κ1) is 15.7. The van der Waals surface area contributed by atoms with Gasteiger partial charge in [-0.1, -0.05) is 83.8 Å². The second kappa shape index (κ2) is 12.8. The maximum Gasteiger partial charge on any atom is -0.0323 e. The highest BCUT2D eigenvalue weighted by atomic mass is 14.0. The summed E-state index contributed by atoms with van der Waals surface area (Å²) < 4.78 is 0. The number of rotatable bonds is 12. The molecule has 0 unspecified atom stereocenters. The van der Waals surface area contributed by atoms with E-state index in [1.54, 1.807) is 0 Å². The van der Waals surface area contributed by atoms with E-state index in [1.165, 1.54) is 82.6 Å². The van der Waals surface area contributed by atoms with Crippen LogP contribution in [0.1, 0.15) is 90.9 Å². The van der Waals surface area contributed by atoms with Gasteiger partial charge in [0.25, 0.3) is 0 Å². The number of hydrogen-bond acceptors (Lipinski definition) is 0. The highest BCUT2D eigenvalue weighted by Crippen LogP contribution is 2.14. The van der Waals surface area contributed by atoms with E-state index in [-0.39, 0.29) is 0 Å². The monoisotopic (exact) mass is 224 g/mol. The second-order valence-electron chi connectivity index (χ2n) is 5.08. The predicted molar refractivity (Wildman–Crippen MR) is 75.9 cm³/mol. The fourth-order valence-electron chi connectivity index (χ4n) is 2.16. The van der Waals surface area contributed by atoms with Crippen LogP contribution in [0.15, 0.2) is 12.2 Å². The van der Waals surface area contributed by atoms with Gasteiger partial charge in [-0.2, -0.15) is 0 Å². The van der Waals surface area contributed by atoms with Crippen molar-refractivity contribution in [3.8, 4) is 0 Å². The van der Waals surface area contributed by atoms with Gasteiger partial charge >= 0.3 is 0 Å². The Kier molecular flexibility index (Phi) is 12.6. The van der Waals surface area contributed by atoms with Crippen LogP contribution in [-0.2, 0) is 0 Å². The standard InChI is InChI=1S/C16H32/c1-4-6-7-8-9-10-11-12-13-15-16(3)14-5-2/h3-15H2,1-2H3. The summed E-state index contributed by atoms with van der Waals surface area (Å²) in [6, 6.07) is 0. The Morgan fingerprint density at radius 3 is 1.62 bits per heavy atom. The average molecular weight is 224 g/mol. The summed E-state index contributed by atoms with van der Waals surface area (Å²) in [7, 11) is 0. The lowest BCUT2D eigenvalue weighted by molar-refractivity contribution is 0.562. The largest absolute Gasteiger partial charge is 0.0999 e. The zero-order chi connectivity index (χ0) is 12.1. The number of hydrogen-bond donors (Lipinski definition) is 0. The first-order chi connectivity index (χ1) is 7.81. The first-order valence-electron chi connectivity index (χ1n) is 7.47. The van der Waals surface area contributed by atoms with Crippen LogP contribution in [0, 0.1) is 0 Å². The van der Waals surface area contributed by atoms with E-state index in [2.05, 4.69) is 20.4 Å². The Hall–Kier alpha value is -0.260. The van der Waals surface area contributed by atoms with E-state index in [0.717, 1.165) is 0 Å². The van der Waals surface area contributed by atoms with E-state index in [0.29, 0.717) is 0 Å². The molecule has 0 aliphatic carbocycles. The minimum atomic E-state index is 1.23. The first-order valence-corrected chi connectivity index (χ1v) is 7.47. The van der Waals surface area contributed by atoms with Gasteiger partial charge < -0.3 is 0 Å². The summed E-state index contributed by atoms with van der Waals surface area (Å²) in [5.74, 6) is 0. The van der Waals surface area contributed by atoms with Crippen molar-refractivity contribution in [1.82, 2.24) is 0 Å². The van der Waals surface area contributed by atoms with E-state index < -0.39 is 0 Å². The summed E-state index contributed by atoms with van der Waals surface area (Å²) in [5.41, 5.74) is 1.46. The zero-order valence-electron chi connectivity index (χ0n) is 11.7. The molecule has 0 rings (SSSR count). The molecule has 16 heavy (non-hydrogen) atoms. The molecular formula is C16H32. The topological polar surface area (TPSA) is 0 Å². The number of unbranched alkanes of at least 4 members (excludes halogenated alkanes) is 8. The second-order valence-corrected chi connectivity index (χ2v) is 5.08. The Morgan fingerprint density at radius 1 is 0.625 bits per heavy atom. The average Bonchev–Trinajstić information content (AvgIpc) is 2.27. The Balaban J connectivity index is 3.01. The quantitative estimate of drug-likeness (QED) is 0.271. The summed E-state index contributed by atoms with van der Waals surface area (Å²) in [5, 5.41) is 0. The van der Waals surface area contributed by atoms with Crippen molar-refractivity contribution in [2.24, 2.45) is 0 Å². The van der Waals surface area contributed by atoms with Gasteiger partial charge in [0.1, 0.15) is 0 Å². The van der Waals surface area contributed by atoms with Crippen LogP contribution in [0.2, 0.25) is 0 Å². The molecule has 0 aromatic carbocycles. The Morgan fingerprint density at radius 2 is 1.12 bits per heavy atom. The molecule has 0 aromatic heterocycles. The van der Waals surface area contributed by atoms with Gasteiger partial charge in [-0.25, -0.2) is 0 Å². The minimum Gasteiger partial charge on any atom is -0.0999 e. The lowest BCUT2D eigenvalue weighted by Crippen LogP contribution is -1.84. The predicted octanol–water partition coefficient (Wildman–Crippen LogP) is 6.26. The van der Waals surface area contributed by atoms with Crippen LogP contribution < -0.4 is 0 Å². The summed E-state index contributed by atoms with van der Waals surface area (Å²) in [6.45, 7) is 8.63. The normalized spacial score (nSPS) is 10.6. The molecule has 0 spiro atoms. The highest BCUT2D eigenvalue weighted by molar-refractivity contribution is 4.92. The van der Waals surface area contributed by atoms with Crippen LogP contribution in [0.4, 0.5) is 0 Å². The molecule has 0 radical (unpaired) electrons. The van der Waals surface area contributed by atoms with Crippen molar-refractivity contribution in [2.45, 2.75) is 90.9 Å². The summed E-state index contributed by atoms with van der Waals surface area (Å²) in [6.07, 6.45) is 16.6. The molecule has 0 heterocycles. The van der Waals surface area contributed by atoms with Crippen molar-refractivity contribution in [3.63, 3.8) is 0 Å². The molecule has 0 N–H and O–H groups in total. The fraction of sp³-hybridized carbons (Fsp3) is 0.875. The van der Waals surface area contributed by atoms with Crippen molar-refractivity contribution < 1.29 is 0 Å². The van der Waals surface area contributed by atoms with Crippen molar-refractivity contribution in [3.05, 3.63) is 12.2 Å². The summed E-state index contributed by atoms with van der Waals surface area (Å²) in [4.78, 5) is 0. The van der Waals surface area contributed by atoms with Crippen LogP contribution in [0.3, 0.4) is 0 Å². The molecule has 0 saturated heterocycles. The molecule has 0 heteroatoms. The zero-order valence-corrected chi connectivity index (χ0v) is 11.7. The molecule has 0 aliphatic heterocycles. The van der Waals surface area contributed by atoms with Gasteiger partial charge in [0.2, 0.25) is 0 Å². The van der Waals surface area contributed by atoms with E-state index >= 15 is 0 Å². The smallest absolute Gasteiger partial charge is 0.0323 e. The number of allylic oxidation sites excluding steroid dienone is 1. The van der Waals surface area contributed by atoms with Gasteiger partial charge in [-0.05, 0) is 19.3 Å². The molecule has 96 valence electrons. The van der Waals surface area contributed by atoms with Crippen molar-refractivity contribution in [1.29, 1.82) is 0 Å². The molecule has 0 saturated carbocycles. The van der Waals surface area contributed by atoms with Gasteiger partial charge in [0, 0.05) is 0 Å². The summed E-state index contributed by atoms with van der Waals surface area (Å²) >= 11 is 0. The molecule has 0 amide bonds. The van der Waals surface area contributed by atoms with E-state index in [1.807, 2.05) is 0 Å². The third-order valence-electron chi connectivity index (χ3n) is 3.24. The van der Waals surface area contributed by atoms with Gasteiger partial charge in [-0.3, -0.25) is 0 Å². The fourth-order valence-corrected chi connectivity index (χ4v) is 2.16. The molecule has 0 aromatic rings. The molecule has 0 fully saturated rings. The minimum absolute atomic E-state index is 1.23. The van der Waals surface area contributed by atoms with Crippen molar-refractivity contribution >= 4 is 0 Å². The lowest BCUT2D eigenvalue weighted by Gasteiger charge is -2.04. The van der Waals surface area contributed by atoms with Gasteiger partial charge in [0.15, 0.2) is 0 Å². The van der Waals surface area contributed by atoms with Crippen molar-refractivity contribution in [2.75, 3.05) is 0 Å². The van der Waals surface area contributed by atoms with E-state index in [4.69, 9.17) is 0 Å². The third kappa shape index (κ3) is 11.8. The van der Waals surface area contributed by atoms with Crippen LogP contribution in [0.25, 0.3) is 0 Å². The molecule has 0 bridgehead atoms. The van der Waals surface area contributed by atoms with E-state index in [9.17, 15) is 0 Å². The third-order valence-corrected chi connectivity index (χ3v) is 3.24. The molecule has 0 atom stereocenters. The maximum atomic E-state index is 4.11. The molecular weight excluding hydrogens is 192 g/mol. The Labute approximate surface area is 104 Å².